The lowest BCUT2D eigenvalue weighted by Crippen LogP contribution is -2.14. The fourth-order valence-electron chi connectivity index (χ4n) is 2.57. The number of hydrogen-bond acceptors (Lipinski definition) is 6. The Balaban J connectivity index is 1.83. The van der Waals surface area contributed by atoms with Crippen LogP contribution in [0.4, 0.5) is 13.2 Å². The van der Waals surface area contributed by atoms with Crippen LogP contribution in [0, 0.1) is 0 Å². The molecule has 0 unspecified atom stereocenters. The van der Waals surface area contributed by atoms with E-state index < -0.39 is 29.1 Å². The van der Waals surface area contributed by atoms with Crippen LogP contribution in [0.5, 0.6) is 0 Å². The first-order valence-electron chi connectivity index (χ1n) is 7.66. The number of benzene rings is 1. The number of alkyl halides is 3. The number of nitrogens with one attached hydrogen (secondary N) is 1. The minimum absolute atomic E-state index is 0.107. The first-order chi connectivity index (χ1) is 13.2. The normalized spacial score (nSPS) is 11.8. The fourth-order valence-corrected chi connectivity index (χ4v) is 2.57. The summed E-state index contributed by atoms with van der Waals surface area (Å²) >= 11 is 0. The third kappa shape index (κ3) is 2.90. The molecule has 3 heterocycles. The van der Waals surface area contributed by atoms with Gasteiger partial charge in [0.2, 0.25) is 0 Å². The number of aromatic nitrogens is 5. The molecule has 9 nitrogen and oxygen atoms in total. The maximum Gasteiger partial charge on any atom is 0.416 e. The van der Waals surface area contributed by atoms with Crippen molar-refractivity contribution in [3.8, 4) is 22.7 Å². The van der Waals surface area contributed by atoms with Crippen molar-refractivity contribution in [1.82, 2.24) is 24.8 Å². The molecule has 28 heavy (non-hydrogen) atoms. The van der Waals surface area contributed by atoms with Crippen LogP contribution in [0.2, 0.25) is 0 Å². The number of hydrogen-bond donors (Lipinski definition) is 2. The molecule has 0 saturated heterocycles. The lowest BCUT2D eigenvalue weighted by Gasteiger charge is -2.08. The van der Waals surface area contributed by atoms with E-state index in [0.29, 0.717) is 5.56 Å². The Bertz CT molecular complexity index is 1250. The van der Waals surface area contributed by atoms with Crippen LogP contribution in [0.15, 0.2) is 45.7 Å². The average Bonchev–Trinajstić information content (AvgIpc) is 3.28. The van der Waals surface area contributed by atoms with Crippen molar-refractivity contribution >= 4 is 11.6 Å². The number of nitrogens with zero attached hydrogens (tertiary/aromatic N) is 4. The van der Waals surface area contributed by atoms with Crippen molar-refractivity contribution in [2.75, 3.05) is 0 Å². The molecule has 4 rings (SSSR count). The molecule has 0 fully saturated rings. The minimum atomic E-state index is -4.47. The molecule has 142 valence electrons. The number of carbonyl (C=O) groups excluding carboxylic acids is 1. The molecule has 0 saturated carbocycles. The topological polar surface area (TPSA) is 132 Å². The summed E-state index contributed by atoms with van der Waals surface area (Å²) in [6.07, 6.45) is -3.20. The van der Waals surface area contributed by atoms with E-state index in [1.165, 1.54) is 24.4 Å². The van der Waals surface area contributed by atoms with Crippen LogP contribution < -0.4 is 11.3 Å². The van der Waals surface area contributed by atoms with E-state index in [2.05, 4.69) is 20.3 Å². The Morgan fingerprint density at radius 3 is 2.50 bits per heavy atom. The van der Waals surface area contributed by atoms with Gasteiger partial charge in [-0.05, 0) is 17.7 Å². The smallest absolute Gasteiger partial charge is 0.412 e. The number of primary amides is 1. The van der Waals surface area contributed by atoms with Crippen LogP contribution in [0.25, 0.3) is 28.4 Å². The highest BCUT2D eigenvalue weighted by Gasteiger charge is 2.30. The van der Waals surface area contributed by atoms with Gasteiger partial charge in [0.15, 0.2) is 5.65 Å². The van der Waals surface area contributed by atoms with E-state index in [1.54, 1.807) is 0 Å². The summed E-state index contributed by atoms with van der Waals surface area (Å²) in [5.41, 5.74) is 4.69. The number of halogens is 3. The Hall–Kier alpha value is -3.96. The minimum Gasteiger partial charge on any atom is -0.412 e. The van der Waals surface area contributed by atoms with Gasteiger partial charge in [-0.2, -0.15) is 22.8 Å². The summed E-state index contributed by atoms with van der Waals surface area (Å²) < 4.78 is 44.3. The lowest BCUT2D eigenvalue weighted by atomic mass is 10.1. The van der Waals surface area contributed by atoms with Gasteiger partial charge >= 0.3 is 18.0 Å². The van der Waals surface area contributed by atoms with E-state index in [4.69, 9.17) is 10.2 Å². The molecule has 0 bridgehead atoms. The van der Waals surface area contributed by atoms with Crippen molar-refractivity contribution in [3.63, 3.8) is 0 Å². The Labute approximate surface area is 152 Å². The van der Waals surface area contributed by atoms with Crippen molar-refractivity contribution in [2.45, 2.75) is 6.18 Å². The predicted octanol–water partition coefficient (Wildman–Crippen LogP) is 1.86. The molecule has 4 aromatic rings. The Morgan fingerprint density at radius 2 is 1.89 bits per heavy atom. The van der Waals surface area contributed by atoms with Gasteiger partial charge in [-0.3, -0.25) is 9.59 Å². The second-order valence-corrected chi connectivity index (χ2v) is 5.69. The van der Waals surface area contributed by atoms with Gasteiger partial charge in [0.1, 0.15) is 5.56 Å². The number of aromatic amines is 1. The van der Waals surface area contributed by atoms with E-state index in [0.717, 1.165) is 16.6 Å². The highest BCUT2D eigenvalue weighted by Crippen LogP contribution is 2.31. The zero-order valence-corrected chi connectivity index (χ0v) is 13.7. The number of carbonyl (C=O) groups is 1. The Morgan fingerprint density at radius 1 is 1.18 bits per heavy atom. The highest BCUT2D eigenvalue weighted by molar-refractivity contribution is 5.88. The standard InChI is InChI=1S/C16H9F3N6O3/c17-16(18,19)8-3-1-7(2-4-8)10-5-11(26)25-13(22-10)9(6-21-25)14-23-24-15(28-14)12(20)27/h1-6,22H,(H2,20,27). The molecule has 0 radical (unpaired) electrons. The quantitative estimate of drug-likeness (QED) is 0.549. The van der Waals surface area contributed by atoms with Gasteiger partial charge in [0.25, 0.3) is 11.4 Å². The molecule has 0 aliphatic rings. The van der Waals surface area contributed by atoms with E-state index >= 15 is 0 Å². The van der Waals surface area contributed by atoms with Crippen molar-refractivity contribution in [2.24, 2.45) is 5.73 Å². The van der Waals surface area contributed by atoms with Gasteiger partial charge in [0, 0.05) is 6.07 Å². The maximum atomic E-state index is 12.7. The largest absolute Gasteiger partial charge is 0.416 e. The second-order valence-electron chi connectivity index (χ2n) is 5.69. The van der Waals surface area contributed by atoms with Crippen LogP contribution in [-0.4, -0.2) is 30.7 Å². The van der Waals surface area contributed by atoms with Crippen LogP contribution >= 0.6 is 0 Å². The molecule has 3 N–H and O–H groups in total. The SMILES string of the molecule is NC(=O)c1nnc(-c2cnn3c(=O)cc(-c4ccc(C(F)(F)F)cc4)[nH]c23)o1. The zero-order valence-electron chi connectivity index (χ0n) is 13.7. The number of amides is 1. The molecular formula is C16H9F3N6O3. The Kier molecular flexibility index (Phi) is 3.77. The first-order valence-corrected chi connectivity index (χ1v) is 7.66. The van der Waals surface area contributed by atoms with Crippen LogP contribution in [0.1, 0.15) is 16.2 Å². The average molecular weight is 390 g/mol. The molecule has 0 spiro atoms. The van der Waals surface area contributed by atoms with Gasteiger partial charge in [-0.25, -0.2) is 0 Å². The van der Waals surface area contributed by atoms with E-state index in [9.17, 15) is 22.8 Å². The molecule has 3 aromatic heterocycles. The second kappa shape index (κ2) is 6.04. The van der Waals surface area contributed by atoms with Crippen LogP contribution in [0.3, 0.4) is 0 Å². The first kappa shape index (κ1) is 17.5. The molecule has 12 heteroatoms. The summed E-state index contributed by atoms with van der Waals surface area (Å²) in [6, 6.07) is 5.48. The van der Waals surface area contributed by atoms with E-state index in [1.807, 2.05) is 0 Å². The fraction of sp³-hybridized carbons (Fsp3) is 0.0625. The monoisotopic (exact) mass is 390 g/mol. The zero-order chi connectivity index (χ0) is 20.1. The number of nitrogens with two attached hydrogens (primary N) is 1. The summed E-state index contributed by atoms with van der Waals surface area (Å²) in [5.74, 6) is -1.45. The molecule has 1 aromatic carbocycles. The summed E-state index contributed by atoms with van der Waals surface area (Å²) in [7, 11) is 0. The highest BCUT2D eigenvalue weighted by atomic mass is 19.4. The van der Waals surface area contributed by atoms with Gasteiger partial charge < -0.3 is 15.1 Å². The van der Waals surface area contributed by atoms with Crippen molar-refractivity contribution in [3.05, 3.63) is 58.3 Å². The molecule has 0 aliphatic carbocycles. The van der Waals surface area contributed by atoms with Crippen LogP contribution in [-0.2, 0) is 6.18 Å². The van der Waals surface area contributed by atoms with Crippen molar-refractivity contribution < 1.29 is 22.4 Å². The number of rotatable bonds is 3. The van der Waals surface area contributed by atoms with Crippen molar-refractivity contribution in [1.29, 1.82) is 0 Å². The molecule has 1 amide bonds. The molecule has 0 aliphatic heterocycles. The van der Waals surface area contributed by atoms with Gasteiger partial charge in [-0.15, -0.1) is 10.2 Å². The van der Waals surface area contributed by atoms with Gasteiger partial charge in [0.05, 0.1) is 17.5 Å². The van der Waals surface area contributed by atoms with E-state index in [-0.39, 0.29) is 22.8 Å². The predicted molar refractivity (Wildman–Crippen MR) is 88.1 cm³/mol. The molecular weight excluding hydrogens is 381 g/mol. The molecule has 0 atom stereocenters. The third-order valence-electron chi connectivity index (χ3n) is 3.89. The number of fused-ring (bicyclic) bond motifs is 1. The third-order valence-corrected chi connectivity index (χ3v) is 3.89. The summed E-state index contributed by atoms with van der Waals surface area (Å²) in [4.78, 5) is 26.3. The maximum absolute atomic E-state index is 12.7. The summed E-state index contributed by atoms with van der Waals surface area (Å²) in [5, 5.41) is 11.1. The summed E-state index contributed by atoms with van der Waals surface area (Å²) in [6.45, 7) is 0. The number of H-pyrrole nitrogens is 1. The van der Waals surface area contributed by atoms with Gasteiger partial charge in [-0.1, -0.05) is 12.1 Å². The lowest BCUT2D eigenvalue weighted by molar-refractivity contribution is -0.137.